The molecule has 0 saturated heterocycles. The van der Waals surface area contributed by atoms with Crippen LogP contribution >= 0.6 is 12.2 Å². The maximum atomic E-state index is 5.50. The van der Waals surface area contributed by atoms with E-state index in [4.69, 9.17) is 17.3 Å². The number of benzene rings is 2. The SMILES string of the molecule is CNC(=S)N1N=C(c2cccc(C)c2)CC1c1ccc2nccnc2c1. The minimum absolute atomic E-state index is 0.0388. The summed E-state index contributed by atoms with van der Waals surface area (Å²) < 4.78 is 0. The summed E-state index contributed by atoms with van der Waals surface area (Å²) in [5.74, 6) is 0. The first-order valence-corrected chi connectivity index (χ1v) is 8.92. The second-order valence-corrected chi connectivity index (χ2v) is 6.73. The van der Waals surface area contributed by atoms with E-state index in [-0.39, 0.29) is 6.04 Å². The number of aryl methyl sites for hydroxylation is 1. The quantitative estimate of drug-likeness (QED) is 0.707. The van der Waals surface area contributed by atoms with Crippen LogP contribution in [0.3, 0.4) is 0 Å². The van der Waals surface area contributed by atoms with Crippen LogP contribution in [0.15, 0.2) is 60.0 Å². The van der Waals surface area contributed by atoms with Crippen LogP contribution in [0.2, 0.25) is 0 Å². The molecule has 4 rings (SSSR count). The molecule has 0 fully saturated rings. The summed E-state index contributed by atoms with van der Waals surface area (Å²) in [4.78, 5) is 8.77. The predicted octanol–water partition coefficient (Wildman–Crippen LogP) is 3.59. The maximum Gasteiger partial charge on any atom is 0.189 e. The van der Waals surface area contributed by atoms with Gasteiger partial charge in [0.25, 0.3) is 0 Å². The number of thiocarbonyl (C=S) groups is 1. The van der Waals surface area contributed by atoms with E-state index in [2.05, 4.69) is 58.6 Å². The van der Waals surface area contributed by atoms with Gasteiger partial charge in [-0.3, -0.25) is 9.97 Å². The van der Waals surface area contributed by atoms with Crippen molar-refractivity contribution in [3.8, 4) is 0 Å². The van der Waals surface area contributed by atoms with Crippen LogP contribution in [-0.4, -0.2) is 32.8 Å². The molecule has 1 aromatic heterocycles. The van der Waals surface area contributed by atoms with Gasteiger partial charge in [-0.15, -0.1) is 0 Å². The van der Waals surface area contributed by atoms with Crippen molar-refractivity contribution in [2.45, 2.75) is 19.4 Å². The van der Waals surface area contributed by atoms with E-state index in [0.29, 0.717) is 5.11 Å². The van der Waals surface area contributed by atoms with Crippen molar-refractivity contribution in [2.75, 3.05) is 7.05 Å². The fourth-order valence-electron chi connectivity index (χ4n) is 3.26. The van der Waals surface area contributed by atoms with Gasteiger partial charge in [-0.2, -0.15) is 5.10 Å². The highest BCUT2D eigenvalue weighted by Crippen LogP contribution is 2.33. The van der Waals surface area contributed by atoms with Gasteiger partial charge in [-0.1, -0.05) is 35.9 Å². The van der Waals surface area contributed by atoms with Crippen molar-refractivity contribution < 1.29 is 0 Å². The number of hydrogen-bond acceptors (Lipinski definition) is 4. The largest absolute Gasteiger partial charge is 0.364 e. The third-order valence-corrected chi connectivity index (χ3v) is 4.95. The zero-order chi connectivity index (χ0) is 18.1. The lowest BCUT2D eigenvalue weighted by Crippen LogP contribution is -2.34. The average molecular weight is 361 g/mol. The Balaban J connectivity index is 1.73. The molecule has 130 valence electrons. The third kappa shape index (κ3) is 3.04. The molecule has 5 nitrogen and oxygen atoms in total. The highest BCUT2D eigenvalue weighted by atomic mass is 32.1. The Morgan fingerprint density at radius 2 is 1.92 bits per heavy atom. The van der Waals surface area contributed by atoms with Gasteiger partial charge in [0.1, 0.15) is 0 Å². The molecule has 3 aromatic rings. The minimum Gasteiger partial charge on any atom is -0.364 e. The standard InChI is InChI=1S/C20H19N5S/c1-13-4-3-5-14(10-13)17-12-19(25(24-17)20(26)21-2)15-6-7-16-18(11-15)23-9-8-22-16/h3-11,19H,12H2,1-2H3,(H,21,26). The van der Waals surface area contributed by atoms with Crippen molar-refractivity contribution >= 4 is 34.1 Å². The molecule has 2 heterocycles. The Morgan fingerprint density at radius 1 is 1.12 bits per heavy atom. The fraction of sp³-hybridized carbons (Fsp3) is 0.200. The Hall–Kier alpha value is -2.86. The Kier molecular flexibility index (Phi) is 4.34. The van der Waals surface area contributed by atoms with Crippen LogP contribution < -0.4 is 5.32 Å². The molecule has 1 aliphatic rings. The molecule has 6 heteroatoms. The Morgan fingerprint density at radius 3 is 2.69 bits per heavy atom. The molecular weight excluding hydrogens is 342 g/mol. The van der Waals surface area contributed by atoms with E-state index in [1.807, 2.05) is 18.1 Å². The van der Waals surface area contributed by atoms with E-state index in [0.717, 1.165) is 34.3 Å². The van der Waals surface area contributed by atoms with Crippen molar-refractivity contribution in [1.29, 1.82) is 0 Å². The van der Waals surface area contributed by atoms with Gasteiger partial charge < -0.3 is 5.32 Å². The molecular formula is C20H19N5S. The normalized spacial score (nSPS) is 16.6. The molecule has 0 aliphatic carbocycles. The smallest absolute Gasteiger partial charge is 0.189 e. The first-order valence-electron chi connectivity index (χ1n) is 8.52. The number of nitrogens with zero attached hydrogens (tertiary/aromatic N) is 4. The van der Waals surface area contributed by atoms with Crippen LogP contribution in [0.5, 0.6) is 0 Å². The van der Waals surface area contributed by atoms with E-state index >= 15 is 0 Å². The highest BCUT2D eigenvalue weighted by Gasteiger charge is 2.31. The van der Waals surface area contributed by atoms with Gasteiger partial charge in [0.2, 0.25) is 0 Å². The monoisotopic (exact) mass is 361 g/mol. The number of nitrogens with one attached hydrogen (secondary N) is 1. The van der Waals surface area contributed by atoms with Gasteiger partial charge >= 0.3 is 0 Å². The van der Waals surface area contributed by atoms with E-state index in [1.54, 1.807) is 12.4 Å². The first-order chi connectivity index (χ1) is 12.7. The van der Waals surface area contributed by atoms with Gasteiger partial charge in [0.15, 0.2) is 5.11 Å². The van der Waals surface area contributed by atoms with Crippen molar-refractivity contribution in [2.24, 2.45) is 5.10 Å². The third-order valence-electron chi connectivity index (χ3n) is 4.56. The van der Waals surface area contributed by atoms with E-state index < -0.39 is 0 Å². The molecule has 1 N–H and O–H groups in total. The number of hydrogen-bond donors (Lipinski definition) is 1. The van der Waals surface area contributed by atoms with E-state index in [9.17, 15) is 0 Å². The summed E-state index contributed by atoms with van der Waals surface area (Å²) in [7, 11) is 1.82. The van der Waals surface area contributed by atoms with Crippen LogP contribution in [0.4, 0.5) is 0 Å². The lowest BCUT2D eigenvalue weighted by atomic mass is 9.97. The average Bonchev–Trinajstić information content (AvgIpc) is 3.12. The lowest BCUT2D eigenvalue weighted by Gasteiger charge is -2.23. The minimum atomic E-state index is 0.0388. The van der Waals surface area contributed by atoms with Crippen LogP contribution in [0, 0.1) is 6.92 Å². The zero-order valence-electron chi connectivity index (χ0n) is 14.7. The van der Waals surface area contributed by atoms with Crippen molar-refractivity contribution in [3.63, 3.8) is 0 Å². The first kappa shape index (κ1) is 16.6. The van der Waals surface area contributed by atoms with E-state index in [1.165, 1.54) is 5.56 Å². The summed E-state index contributed by atoms with van der Waals surface area (Å²) in [6, 6.07) is 14.6. The number of fused-ring (bicyclic) bond motifs is 1. The zero-order valence-corrected chi connectivity index (χ0v) is 15.5. The summed E-state index contributed by atoms with van der Waals surface area (Å²) in [6.45, 7) is 2.09. The summed E-state index contributed by atoms with van der Waals surface area (Å²) >= 11 is 5.50. The molecule has 1 aliphatic heterocycles. The molecule has 0 bridgehead atoms. The molecule has 0 saturated carbocycles. The number of aromatic nitrogens is 2. The van der Waals surface area contributed by atoms with Crippen LogP contribution in [0.25, 0.3) is 11.0 Å². The molecule has 0 spiro atoms. The Labute approximate surface area is 157 Å². The van der Waals surface area contributed by atoms with Crippen molar-refractivity contribution in [1.82, 2.24) is 20.3 Å². The molecule has 2 aromatic carbocycles. The molecule has 0 amide bonds. The maximum absolute atomic E-state index is 5.50. The summed E-state index contributed by atoms with van der Waals surface area (Å²) in [6.07, 6.45) is 4.21. The Bertz CT molecular complexity index is 1010. The number of rotatable bonds is 2. The van der Waals surface area contributed by atoms with Crippen LogP contribution in [-0.2, 0) is 0 Å². The predicted molar refractivity (Wildman–Crippen MR) is 108 cm³/mol. The molecule has 1 atom stereocenters. The van der Waals surface area contributed by atoms with Crippen LogP contribution in [0.1, 0.15) is 29.2 Å². The van der Waals surface area contributed by atoms with Gasteiger partial charge in [-0.05, 0) is 42.4 Å². The second kappa shape index (κ2) is 6.80. The van der Waals surface area contributed by atoms with Crippen molar-refractivity contribution in [3.05, 3.63) is 71.5 Å². The number of hydrazone groups is 1. The van der Waals surface area contributed by atoms with Gasteiger partial charge in [0, 0.05) is 25.9 Å². The topological polar surface area (TPSA) is 53.4 Å². The fourth-order valence-corrected chi connectivity index (χ4v) is 3.43. The second-order valence-electron chi connectivity index (χ2n) is 6.34. The molecule has 26 heavy (non-hydrogen) atoms. The lowest BCUT2D eigenvalue weighted by molar-refractivity contribution is 0.367. The van der Waals surface area contributed by atoms with Gasteiger partial charge in [0.05, 0.1) is 22.8 Å². The molecule has 0 radical (unpaired) electrons. The van der Waals surface area contributed by atoms with Gasteiger partial charge in [-0.25, -0.2) is 5.01 Å². The highest BCUT2D eigenvalue weighted by molar-refractivity contribution is 7.80. The summed E-state index contributed by atoms with van der Waals surface area (Å²) in [5, 5.41) is 10.4. The molecule has 1 unspecified atom stereocenters. The summed E-state index contributed by atoms with van der Waals surface area (Å²) in [5.41, 5.74) is 6.29.